The molecule has 0 bridgehead atoms. The van der Waals surface area contributed by atoms with E-state index in [0.717, 1.165) is 34.1 Å². The molecule has 8 nitrogen and oxygen atoms in total. The zero-order chi connectivity index (χ0) is 23.0. The van der Waals surface area contributed by atoms with Gasteiger partial charge in [0.15, 0.2) is 0 Å². The van der Waals surface area contributed by atoms with E-state index in [-0.39, 0.29) is 11.1 Å². The molecule has 2 aromatic carbocycles. The third-order valence-corrected chi connectivity index (χ3v) is 5.20. The van der Waals surface area contributed by atoms with Gasteiger partial charge in [0.25, 0.3) is 0 Å². The molecule has 2 heterocycles. The van der Waals surface area contributed by atoms with Crippen LogP contribution in [0.2, 0.25) is 0 Å². The number of allylic oxidation sites excluding steroid dienone is 1. The molecule has 0 atom stereocenters. The van der Waals surface area contributed by atoms with Gasteiger partial charge in [-0.3, -0.25) is 0 Å². The number of carbonyl (C=O) groups is 2. The summed E-state index contributed by atoms with van der Waals surface area (Å²) in [5, 5.41) is 28.5. The molecule has 0 aliphatic carbocycles. The van der Waals surface area contributed by atoms with Gasteiger partial charge in [-0.05, 0) is 61.9 Å². The van der Waals surface area contributed by atoms with Crippen LogP contribution < -0.4 is 0 Å². The van der Waals surface area contributed by atoms with Crippen molar-refractivity contribution in [1.82, 2.24) is 14.5 Å². The largest absolute Gasteiger partial charge is 0.478 e. The molecule has 0 radical (unpaired) electrons. The van der Waals surface area contributed by atoms with Gasteiger partial charge >= 0.3 is 11.9 Å². The van der Waals surface area contributed by atoms with E-state index in [9.17, 15) is 25.1 Å². The molecule has 0 amide bonds. The van der Waals surface area contributed by atoms with E-state index in [1.54, 1.807) is 10.6 Å². The number of benzene rings is 2. The van der Waals surface area contributed by atoms with E-state index in [4.69, 9.17) is 0 Å². The minimum absolute atomic E-state index is 0.121. The summed E-state index contributed by atoms with van der Waals surface area (Å²) in [5.41, 5.74) is 4.30. The van der Waals surface area contributed by atoms with E-state index < -0.39 is 11.9 Å². The van der Waals surface area contributed by atoms with Gasteiger partial charge in [-0.25, -0.2) is 14.6 Å². The van der Waals surface area contributed by atoms with Crippen molar-refractivity contribution in [3.8, 4) is 11.8 Å². The van der Waals surface area contributed by atoms with Gasteiger partial charge in [-0.2, -0.15) is 5.26 Å². The van der Waals surface area contributed by atoms with E-state index in [1.165, 1.54) is 12.1 Å². The SMILES string of the molecule is Cc1cc(/C=C(\C#N)c2nc3ccccc3[nH]2)c(C)n1-c1cc(C(=O)O)cc(C(=O)O)c1. The highest BCUT2D eigenvalue weighted by atomic mass is 16.4. The summed E-state index contributed by atoms with van der Waals surface area (Å²) in [6, 6.07) is 15.5. The number of carboxylic acid groups (broad SMARTS) is 2. The van der Waals surface area contributed by atoms with Crippen molar-refractivity contribution in [2.45, 2.75) is 13.8 Å². The summed E-state index contributed by atoms with van der Waals surface area (Å²) in [6.07, 6.45) is 1.70. The van der Waals surface area contributed by atoms with Gasteiger partial charge < -0.3 is 19.8 Å². The molecular formula is C24H18N4O4. The maximum absolute atomic E-state index is 11.5. The van der Waals surface area contributed by atoms with Crippen LogP contribution in [-0.2, 0) is 0 Å². The van der Waals surface area contributed by atoms with Crippen molar-refractivity contribution in [2.24, 2.45) is 0 Å². The predicted molar refractivity (Wildman–Crippen MR) is 119 cm³/mol. The molecular weight excluding hydrogens is 408 g/mol. The lowest BCUT2D eigenvalue weighted by molar-refractivity contribution is 0.0696. The summed E-state index contributed by atoms with van der Waals surface area (Å²) in [5.74, 6) is -1.98. The molecule has 0 fully saturated rings. The molecule has 0 saturated carbocycles. The Hall–Kier alpha value is -4.64. The second kappa shape index (κ2) is 7.89. The molecule has 0 aliphatic heterocycles. The Morgan fingerprint density at radius 1 is 1.06 bits per heavy atom. The number of aromatic carboxylic acids is 2. The van der Waals surface area contributed by atoms with Crippen LogP contribution in [0.25, 0.3) is 28.4 Å². The lowest BCUT2D eigenvalue weighted by Gasteiger charge is -2.12. The third kappa shape index (κ3) is 3.63. The van der Waals surface area contributed by atoms with Crippen molar-refractivity contribution < 1.29 is 19.8 Å². The number of rotatable bonds is 5. The number of nitriles is 1. The third-order valence-electron chi connectivity index (χ3n) is 5.20. The minimum atomic E-state index is -1.21. The molecule has 32 heavy (non-hydrogen) atoms. The fourth-order valence-corrected chi connectivity index (χ4v) is 3.71. The molecule has 4 rings (SSSR count). The number of aryl methyl sites for hydroxylation is 1. The first-order chi connectivity index (χ1) is 15.3. The van der Waals surface area contributed by atoms with Crippen molar-refractivity contribution in [3.05, 3.63) is 82.4 Å². The average Bonchev–Trinajstić information content (AvgIpc) is 3.31. The first-order valence-electron chi connectivity index (χ1n) is 9.66. The number of nitrogens with zero attached hydrogens (tertiary/aromatic N) is 3. The zero-order valence-corrected chi connectivity index (χ0v) is 17.2. The Kier molecular flexibility index (Phi) is 5.08. The molecule has 0 spiro atoms. The van der Waals surface area contributed by atoms with Crippen LogP contribution in [0.5, 0.6) is 0 Å². The Morgan fingerprint density at radius 3 is 2.31 bits per heavy atom. The number of hydrogen-bond acceptors (Lipinski definition) is 4. The van der Waals surface area contributed by atoms with Crippen molar-refractivity contribution in [2.75, 3.05) is 0 Å². The quantitative estimate of drug-likeness (QED) is 0.405. The van der Waals surface area contributed by atoms with Crippen LogP contribution in [-0.4, -0.2) is 36.7 Å². The highest BCUT2D eigenvalue weighted by Gasteiger charge is 2.17. The molecule has 0 saturated heterocycles. The van der Waals surface area contributed by atoms with Crippen LogP contribution >= 0.6 is 0 Å². The lowest BCUT2D eigenvalue weighted by Crippen LogP contribution is -2.07. The van der Waals surface area contributed by atoms with Gasteiger partial charge in [0.05, 0.1) is 27.7 Å². The molecule has 2 aromatic heterocycles. The van der Waals surface area contributed by atoms with Crippen LogP contribution in [0.1, 0.15) is 43.5 Å². The number of para-hydroxylation sites is 2. The number of hydrogen-bond donors (Lipinski definition) is 3. The van der Waals surface area contributed by atoms with Crippen molar-refractivity contribution in [3.63, 3.8) is 0 Å². The van der Waals surface area contributed by atoms with E-state index >= 15 is 0 Å². The van der Waals surface area contributed by atoms with Gasteiger partial charge in [-0.1, -0.05) is 12.1 Å². The normalized spacial score (nSPS) is 11.5. The van der Waals surface area contributed by atoms with Gasteiger partial charge in [0.2, 0.25) is 0 Å². The Bertz CT molecular complexity index is 1400. The minimum Gasteiger partial charge on any atom is -0.478 e. The Labute approximate surface area is 182 Å². The topological polar surface area (TPSA) is 132 Å². The summed E-state index contributed by atoms with van der Waals surface area (Å²) in [4.78, 5) is 30.6. The van der Waals surface area contributed by atoms with Crippen LogP contribution in [0.15, 0.2) is 48.5 Å². The monoisotopic (exact) mass is 426 g/mol. The van der Waals surface area contributed by atoms with E-state index in [2.05, 4.69) is 16.0 Å². The van der Waals surface area contributed by atoms with Crippen LogP contribution in [0, 0.1) is 25.2 Å². The molecule has 8 heteroatoms. The molecule has 0 unspecified atom stereocenters. The number of nitrogens with one attached hydrogen (secondary N) is 1. The summed E-state index contributed by atoms with van der Waals surface area (Å²) >= 11 is 0. The number of imidazole rings is 1. The Morgan fingerprint density at radius 2 is 1.72 bits per heavy atom. The maximum atomic E-state index is 11.5. The maximum Gasteiger partial charge on any atom is 0.335 e. The highest BCUT2D eigenvalue weighted by molar-refractivity contribution is 5.95. The van der Waals surface area contributed by atoms with E-state index in [0.29, 0.717) is 17.1 Å². The summed E-state index contributed by atoms with van der Waals surface area (Å²) in [7, 11) is 0. The van der Waals surface area contributed by atoms with Gasteiger partial charge in [-0.15, -0.1) is 0 Å². The van der Waals surface area contributed by atoms with Crippen molar-refractivity contribution in [1.29, 1.82) is 5.26 Å². The highest BCUT2D eigenvalue weighted by Crippen LogP contribution is 2.27. The predicted octanol–water partition coefficient (Wildman–Crippen LogP) is 4.43. The first-order valence-corrected chi connectivity index (χ1v) is 9.66. The number of aromatic amines is 1. The first kappa shape index (κ1) is 20.6. The van der Waals surface area contributed by atoms with Crippen LogP contribution in [0.4, 0.5) is 0 Å². The standard InChI is InChI=1S/C24H18N4O4/c1-13-7-15(8-18(12-25)22-26-20-5-3-4-6-21(20)27-22)14(2)28(13)19-10-16(23(29)30)9-17(11-19)24(31)32/h3-11H,1-2H3,(H,26,27)(H,29,30)(H,31,32)/b18-8+. The van der Waals surface area contributed by atoms with Gasteiger partial charge in [0, 0.05) is 17.1 Å². The fraction of sp³-hybridized carbons (Fsp3) is 0.0833. The lowest BCUT2D eigenvalue weighted by atomic mass is 10.1. The molecule has 158 valence electrons. The number of fused-ring (bicyclic) bond motifs is 1. The Balaban J connectivity index is 1.84. The molecule has 3 N–H and O–H groups in total. The van der Waals surface area contributed by atoms with Gasteiger partial charge in [0.1, 0.15) is 11.9 Å². The smallest absolute Gasteiger partial charge is 0.335 e. The zero-order valence-electron chi connectivity index (χ0n) is 17.2. The summed E-state index contributed by atoms with van der Waals surface area (Å²) < 4.78 is 1.76. The molecule has 4 aromatic rings. The number of aromatic nitrogens is 3. The molecule has 0 aliphatic rings. The fourth-order valence-electron chi connectivity index (χ4n) is 3.71. The van der Waals surface area contributed by atoms with E-state index in [1.807, 2.05) is 44.2 Å². The van der Waals surface area contributed by atoms with Crippen LogP contribution in [0.3, 0.4) is 0 Å². The summed E-state index contributed by atoms with van der Waals surface area (Å²) in [6.45, 7) is 3.64. The van der Waals surface area contributed by atoms with Crippen molar-refractivity contribution >= 4 is 34.6 Å². The number of H-pyrrole nitrogens is 1. The second-order valence-electron chi connectivity index (χ2n) is 7.31. The number of carboxylic acids is 2. The second-order valence-corrected chi connectivity index (χ2v) is 7.31. The average molecular weight is 426 g/mol.